The van der Waals surface area contributed by atoms with Gasteiger partial charge in [-0.15, -0.1) is 0 Å². The Balaban J connectivity index is 1.44. The predicted molar refractivity (Wildman–Crippen MR) is 107 cm³/mol. The van der Waals surface area contributed by atoms with Crippen LogP contribution in [0.4, 0.5) is 0 Å². The molecular formula is C23H23N3O. The van der Waals surface area contributed by atoms with Crippen molar-refractivity contribution >= 4 is 0 Å². The van der Waals surface area contributed by atoms with E-state index in [4.69, 9.17) is 0 Å². The van der Waals surface area contributed by atoms with Crippen molar-refractivity contribution in [3.05, 3.63) is 88.6 Å². The second-order valence-corrected chi connectivity index (χ2v) is 7.81. The molecular weight excluding hydrogens is 334 g/mol. The lowest BCUT2D eigenvalue weighted by atomic mass is 9.82. The van der Waals surface area contributed by atoms with Crippen LogP contribution in [0, 0.1) is 5.92 Å². The van der Waals surface area contributed by atoms with Crippen molar-refractivity contribution in [1.29, 1.82) is 0 Å². The number of likely N-dealkylation sites (tertiary alicyclic amines) is 1. The summed E-state index contributed by atoms with van der Waals surface area (Å²) in [5.41, 5.74) is 4.35. The molecule has 136 valence electrons. The third kappa shape index (κ3) is 3.10. The molecule has 0 radical (unpaired) electrons. The minimum Gasteiger partial charge on any atom is -0.311 e. The predicted octanol–water partition coefficient (Wildman–Crippen LogP) is 3.53. The van der Waals surface area contributed by atoms with Crippen LogP contribution in [0.2, 0.25) is 0 Å². The van der Waals surface area contributed by atoms with Crippen LogP contribution in [-0.2, 0) is 13.1 Å². The fraction of sp³-hybridized carbons (Fsp3) is 0.304. The zero-order chi connectivity index (χ0) is 18.2. The van der Waals surface area contributed by atoms with Gasteiger partial charge in [0.15, 0.2) is 0 Å². The van der Waals surface area contributed by atoms with Gasteiger partial charge in [-0.3, -0.25) is 14.7 Å². The molecule has 2 aliphatic heterocycles. The largest absolute Gasteiger partial charge is 0.311 e. The van der Waals surface area contributed by atoms with Crippen molar-refractivity contribution in [1.82, 2.24) is 14.5 Å². The Morgan fingerprint density at radius 2 is 1.85 bits per heavy atom. The number of hydrogen-bond acceptors (Lipinski definition) is 3. The molecule has 0 unspecified atom stereocenters. The van der Waals surface area contributed by atoms with Crippen molar-refractivity contribution < 1.29 is 0 Å². The maximum atomic E-state index is 13.1. The van der Waals surface area contributed by atoms with E-state index in [0.717, 1.165) is 37.3 Å². The Morgan fingerprint density at radius 1 is 0.963 bits per heavy atom. The van der Waals surface area contributed by atoms with Crippen molar-refractivity contribution in [2.24, 2.45) is 5.92 Å². The summed E-state index contributed by atoms with van der Waals surface area (Å²) in [6.07, 6.45) is 4.71. The first-order valence-electron chi connectivity index (χ1n) is 9.68. The van der Waals surface area contributed by atoms with Crippen LogP contribution in [0.5, 0.6) is 0 Å². The van der Waals surface area contributed by atoms with Gasteiger partial charge in [-0.05, 0) is 36.1 Å². The van der Waals surface area contributed by atoms with E-state index in [0.29, 0.717) is 11.8 Å². The van der Waals surface area contributed by atoms with Gasteiger partial charge in [0.2, 0.25) is 0 Å². The molecule has 2 atom stereocenters. The lowest BCUT2D eigenvalue weighted by molar-refractivity contribution is 0.114. The van der Waals surface area contributed by atoms with Crippen LogP contribution < -0.4 is 5.56 Å². The smallest absolute Gasteiger partial charge is 0.258 e. The van der Waals surface area contributed by atoms with Gasteiger partial charge in [0.05, 0.1) is 0 Å². The molecule has 1 saturated heterocycles. The molecule has 4 heterocycles. The summed E-state index contributed by atoms with van der Waals surface area (Å²) >= 11 is 0. The first kappa shape index (κ1) is 16.5. The Kier molecular flexibility index (Phi) is 4.13. The normalized spacial score (nSPS) is 21.6. The van der Waals surface area contributed by atoms with E-state index < -0.39 is 0 Å². The molecule has 0 N–H and O–H groups in total. The van der Waals surface area contributed by atoms with Crippen LogP contribution in [0.25, 0.3) is 11.1 Å². The fourth-order valence-electron chi connectivity index (χ4n) is 4.76. The number of fused-ring (bicyclic) bond motifs is 4. The summed E-state index contributed by atoms with van der Waals surface area (Å²) in [6, 6.07) is 18.7. The number of nitrogens with zero attached hydrogens (tertiary/aromatic N) is 3. The molecule has 5 rings (SSSR count). The molecule has 0 saturated carbocycles. The third-order valence-corrected chi connectivity index (χ3v) is 5.90. The van der Waals surface area contributed by atoms with Crippen LogP contribution >= 0.6 is 0 Å². The highest BCUT2D eigenvalue weighted by atomic mass is 16.1. The molecule has 0 spiro atoms. The van der Waals surface area contributed by atoms with E-state index >= 15 is 0 Å². The number of aromatic nitrogens is 2. The highest BCUT2D eigenvalue weighted by Gasteiger charge is 2.34. The van der Waals surface area contributed by atoms with Crippen LogP contribution in [0.1, 0.15) is 23.6 Å². The Hall–Kier alpha value is -2.72. The molecule has 0 amide bonds. The second kappa shape index (κ2) is 6.78. The van der Waals surface area contributed by atoms with Crippen molar-refractivity contribution in [2.75, 3.05) is 13.1 Å². The van der Waals surface area contributed by atoms with E-state index in [1.807, 2.05) is 22.8 Å². The zero-order valence-electron chi connectivity index (χ0n) is 15.3. The summed E-state index contributed by atoms with van der Waals surface area (Å²) in [5, 5.41) is 0. The molecule has 0 aliphatic carbocycles. The van der Waals surface area contributed by atoms with Gasteiger partial charge in [0, 0.05) is 61.3 Å². The molecule has 3 aromatic rings. The highest BCUT2D eigenvalue weighted by molar-refractivity contribution is 5.61. The third-order valence-electron chi connectivity index (χ3n) is 5.90. The minimum atomic E-state index is 0.131. The molecule has 4 heteroatoms. The monoisotopic (exact) mass is 357 g/mol. The molecule has 2 aliphatic rings. The molecule has 27 heavy (non-hydrogen) atoms. The number of benzene rings is 1. The molecule has 2 aromatic heterocycles. The van der Waals surface area contributed by atoms with Crippen LogP contribution in [0.3, 0.4) is 0 Å². The molecule has 1 aromatic carbocycles. The number of pyridine rings is 2. The van der Waals surface area contributed by atoms with Gasteiger partial charge in [0.25, 0.3) is 5.56 Å². The number of hydrogen-bond donors (Lipinski definition) is 0. The summed E-state index contributed by atoms with van der Waals surface area (Å²) in [6.45, 7) is 3.90. The van der Waals surface area contributed by atoms with E-state index in [2.05, 4.69) is 46.3 Å². The average Bonchev–Trinajstić information content (AvgIpc) is 2.70. The Bertz CT molecular complexity index is 997. The van der Waals surface area contributed by atoms with E-state index in [1.54, 1.807) is 12.4 Å². The first-order valence-corrected chi connectivity index (χ1v) is 9.68. The highest BCUT2D eigenvalue weighted by Crippen LogP contribution is 2.36. The van der Waals surface area contributed by atoms with Crippen LogP contribution in [-0.4, -0.2) is 27.5 Å². The topological polar surface area (TPSA) is 38.1 Å². The van der Waals surface area contributed by atoms with Crippen molar-refractivity contribution in [3.8, 4) is 11.1 Å². The van der Waals surface area contributed by atoms with E-state index in [1.165, 1.54) is 17.7 Å². The standard InChI is InChI=1S/C23H23N3O/c27-23-21(19-7-4-10-24-12-19)8-9-22-20-11-18(15-26(22)23)14-25(16-20)13-17-5-2-1-3-6-17/h1-10,12,18,20H,11,13-16H2/t18-,20-/m1/s1. The van der Waals surface area contributed by atoms with E-state index in [9.17, 15) is 4.79 Å². The van der Waals surface area contributed by atoms with Gasteiger partial charge in [-0.25, -0.2) is 0 Å². The average molecular weight is 357 g/mol. The van der Waals surface area contributed by atoms with Crippen molar-refractivity contribution in [2.45, 2.75) is 25.4 Å². The van der Waals surface area contributed by atoms with Gasteiger partial charge in [-0.2, -0.15) is 0 Å². The summed E-state index contributed by atoms with van der Waals surface area (Å²) in [5.74, 6) is 0.985. The Morgan fingerprint density at radius 3 is 2.67 bits per heavy atom. The quantitative estimate of drug-likeness (QED) is 0.720. The number of piperidine rings is 1. The van der Waals surface area contributed by atoms with E-state index in [-0.39, 0.29) is 5.56 Å². The molecule has 4 nitrogen and oxygen atoms in total. The lowest BCUT2D eigenvalue weighted by Gasteiger charge is -2.43. The fourth-order valence-corrected chi connectivity index (χ4v) is 4.76. The summed E-state index contributed by atoms with van der Waals surface area (Å²) in [4.78, 5) is 19.9. The summed E-state index contributed by atoms with van der Waals surface area (Å²) < 4.78 is 2.03. The maximum Gasteiger partial charge on any atom is 0.258 e. The first-order chi connectivity index (χ1) is 13.3. The molecule has 2 bridgehead atoms. The van der Waals surface area contributed by atoms with Gasteiger partial charge >= 0.3 is 0 Å². The zero-order valence-corrected chi connectivity index (χ0v) is 15.3. The SMILES string of the molecule is O=c1c(-c2cccnc2)ccc2n1C[C@@H]1C[C@@H]2CN(Cc2ccccc2)C1. The van der Waals surface area contributed by atoms with Gasteiger partial charge in [-0.1, -0.05) is 36.4 Å². The van der Waals surface area contributed by atoms with Crippen molar-refractivity contribution in [3.63, 3.8) is 0 Å². The molecule has 1 fully saturated rings. The lowest BCUT2D eigenvalue weighted by Crippen LogP contribution is -2.46. The number of rotatable bonds is 3. The second-order valence-electron chi connectivity index (χ2n) is 7.81. The maximum absolute atomic E-state index is 13.1. The Labute approximate surface area is 159 Å². The van der Waals surface area contributed by atoms with Gasteiger partial charge in [0.1, 0.15) is 0 Å². The van der Waals surface area contributed by atoms with Crippen LogP contribution in [0.15, 0.2) is 71.8 Å². The minimum absolute atomic E-state index is 0.131. The summed E-state index contributed by atoms with van der Waals surface area (Å²) in [7, 11) is 0. The van der Waals surface area contributed by atoms with Gasteiger partial charge < -0.3 is 4.57 Å².